The summed E-state index contributed by atoms with van der Waals surface area (Å²) >= 11 is 0. The molecule has 23 heavy (non-hydrogen) atoms. The number of nitrogens with zero attached hydrogens (tertiary/aromatic N) is 3. The second-order valence-electron chi connectivity index (χ2n) is 5.32. The standard InChI is InChI=1S/C16H19N5O2/c1-4-11-12(5-2)20-21-16(19-11)17-10-6-7-14-13(8-10)18-15(22)9(3)23-14/h6-9H,4-5H2,1-3H3,(H,18,22)(H,17,19,21). The molecule has 0 spiro atoms. The maximum atomic E-state index is 11.7. The molecule has 2 N–H and O–H groups in total. The van der Waals surface area contributed by atoms with Gasteiger partial charge in [-0.1, -0.05) is 13.8 Å². The van der Waals surface area contributed by atoms with Crippen LogP contribution >= 0.6 is 0 Å². The number of aromatic nitrogens is 3. The number of nitrogens with one attached hydrogen (secondary N) is 2. The first-order chi connectivity index (χ1) is 11.1. The van der Waals surface area contributed by atoms with Crippen molar-refractivity contribution in [3.63, 3.8) is 0 Å². The molecule has 1 atom stereocenters. The van der Waals surface area contributed by atoms with Crippen LogP contribution in [0.1, 0.15) is 32.2 Å². The molecule has 0 bridgehead atoms. The quantitative estimate of drug-likeness (QED) is 0.901. The summed E-state index contributed by atoms with van der Waals surface area (Å²) in [6.45, 7) is 5.79. The van der Waals surface area contributed by atoms with Crippen molar-refractivity contribution in [2.45, 2.75) is 39.7 Å². The SMILES string of the molecule is CCc1nnc(Nc2ccc3c(c2)NC(=O)C(C)O3)nc1CC. The predicted octanol–water partition coefficient (Wildman–Crippen LogP) is 2.46. The second-order valence-corrected chi connectivity index (χ2v) is 5.32. The molecule has 2 aromatic rings. The van der Waals surface area contributed by atoms with Crippen molar-refractivity contribution in [2.75, 3.05) is 10.6 Å². The molecule has 0 saturated heterocycles. The van der Waals surface area contributed by atoms with Crippen LogP contribution in [0.25, 0.3) is 0 Å². The van der Waals surface area contributed by atoms with Crippen molar-refractivity contribution in [3.8, 4) is 5.75 Å². The first-order valence-corrected chi connectivity index (χ1v) is 7.71. The summed E-state index contributed by atoms with van der Waals surface area (Å²) in [4.78, 5) is 16.2. The molecular formula is C16H19N5O2. The summed E-state index contributed by atoms with van der Waals surface area (Å²) in [5, 5.41) is 14.2. The Morgan fingerprint density at radius 3 is 2.74 bits per heavy atom. The van der Waals surface area contributed by atoms with Gasteiger partial charge in [-0.25, -0.2) is 4.98 Å². The van der Waals surface area contributed by atoms with Gasteiger partial charge in [0.1, 0.15) is 5.75 Å². The number of amides is 1. The molecule has 2 heterocycles. The minimum Gasteiger partial charge on any atom is -0.479 e. The van der Waals surface area contributed by atoms with Crippen molar-refractivity contribution in [1.82, 2.24) is 15.2 Å². The largest absolute Gasteiger partial charge is 0.479 e. The molecule has 120 valence electrons. The minimum atomic E-state index is -0.484. The molecule has 1 unspecified atom stereocenters. The van der Waals surface area contributed by atoms with Crippen molar-refractivity contribution in [1.29, 1.82) is 0 Å². The average molecular weight is 313 g/mol. The minimum absolute atomic E-state index is 0.159. The van der Waals surface area contributed by atoms with E-state index in [1.54, 1.807) is 13.0 Å². The van der Waals surface area contributed by atoms with Crippen LogP contribution in [0.5, 0.6) is 5.75 Å². The van der Waals surface area contributed by atoms with Gasteiger partial charge < -0.3 is 15.4 Å². The third kappa shape index (κ3) is 3.08. The number of fused-ring (bicyclic) bond motifs is 1. The normalized spacial score (nSPS) is 16.3. The number of benzene rings is 1. The zero-order chi connectivity index (χ0) is 16.4. The van der Waals surface area contributed by atoms with E-state index in [4.69, 9.17) is 4.74 Å². The Labute approximate surface area is 134 Å². The number of hydrogen-bond acceptors (Lipinski definition) is 6. The third-order valence-corrected chi connectivity index (χ3v) is 3.68. The fourth-order valence-electron chi connectivity index (χ4n) is 2.41. The predicted molar refractivity (Wildman–Crippen MR) is 87.0 cm³/mol. The van der Waals surface area contributed by atoms with E-state index in [-0.39, 0.29) is 5.91 Å². The highest BCUT2D eigenvalue weighted by atomic mass is 16.5. The highest BCUT2D eigenvalue weighted by Gasteiger charge is 2.23. The highest BCUT2D eigenvalue weighted by Crippen LogP contribution is 2.32. The Morgan fingerprint density at radius 2 is 2.00 bits per heavy atom. The van der Waals surface area contributed by atoms with Crippen molar-refractivity contribution >= 4 is 23.2 Å². The van der Waals surface area contributed by atoms with Crippen LogP contribution in [-0.4, -0.2) is 27.2 Å². The number of rotatable bonds is 4. The summed E-state index contributed by atoms with van der Waals surface area (Å²) in [6, 6.07) is 5.45. The third-order valence-electron chi connectivity index (χ3n) is 3.68. The fourth-order valence-corrected chi connectivity index (χ4v) is 2.41. The monoisotopic (exact) mass is 313 g/mol. The number of ether oxygens (including phenoxy) is 1. The lowest BCUT2D eigenvalue weighted by atomic mass is 10.2. The number of carbonyl (C=O) groups is 1. The van der Waals surface area contributed by atoms with Gasteiger partial charge in [-0.05, 0) is 38.0 Å². The molecule has 0 saturated carbocycles. The van der Waals surface area contributed by atoms with E-state index < -0.39 is 6.10 Å². The number of carbonyl (C=O) groups excluding carboxylic acids is 1. The van der Waals surface area contributed by atoms with E-state index in [9.17, 15) is 4.79 Å². The summed E-state index contributed by atoms with van der Waals surface area (Å²) in [5.41, 5.74) is 3.24. The Hall–Kier alpha value is -2.70. The van der Waals surface area contributed by atoms with E-state index >= 15 is 0 Å². The molecule has 1 aromatic heterocycles. The molecule has 7 heteroatoms. The smallest absolute Gasteiger partial charge is 0.265 e. The zero-order valence-electron chi connectivity index (χ0n) is 13.4. The van der Waals surface area contributed by atoms with E-state index in [0.29, 0.717) is 17.4 Å². The molecule has 1 amide bonds. The van der Waals surface area contributed by atoms with E-state index in [2.05, 4.69) is 25.8 Å². The first-order valence-electron chi connectivity index (χ1n) is 7.71. The lowest BCUT2D eigenvalue weighted by molar-refractivity contribution is -0.122. The van der Waals surface area contributed by atoms with Gasteiger partial charge in [-0.2, -0.15) is 0 Å². The molecule has 1 aliphatic rings. The van der Waals surface area contributed by atoms with Gasteiger partial charge in [-0.15, -0.1) is 10.2 Å². The van der Waals surface area contributed by atoms with Gasteiger partial charge in [0.15, 0.2) is 6.10 Å². The molecule has 0 aliphatic carbocycles. The van der Waals surface area contributed by atoms with Crippen LogP contribution < -0.4 is 15.4 Å². The molecule has 3 rings (SSSR count). The maximum Gasteiger partial charge on any atom is 0.265 e. The number of aryl methyl sites for hydroxylation is 2. The summed E-state index contributed by atoms with van der Waals surface area (Å²) < 4.78 is 5.53. The van der Waals surface area contributed by atoms with Crippen molar-refractivity contribution in [2.24, 2.45) is 0 Å². The van der Waals surface area contributed by atoms with Crippen LogP contribution in [0.4, 0.5) is 17.3 Å². The van der Waals surface area contributed by atoms with Gasteiger partial charge in [-0.3, -0.25) is 4.79 Å². The van der Waals surface area contributed by atoms with Gasteiger partial charge in [0.05, 0.1) is 17.1 Å². The Kier molecular flexibility index (Phi) is 4.10. The first kappa shape index (κ1) is 15.2. The lowest BCUT2D eigenvalue weighted by Gasteiger charge is -2.23. The molecule has 1 aliphatic heterocycles. The summed E-state index contributed by atoms with van der Waals surface area (Å²) in [5.74, 6) is 0.931. The van der Waals surface area contributed by atoms with Gasteiger partial charge in [0.2, 0.25) is 5.95 Å². The van der Waals surface area contributed by atoms with Gasteiger partial charge in [0.25, 0.3) is 5.91 Å². The van der Waals surface area contributed by atoms with Crippen LogP contribution in [0.15, 0.2) is 18.2 Å². The van der Waals surface area contributed by atoms with Crippen LogP contribution in [0.3, 0.4) is 0 Å². The van der Waals surface area contributed by atoms with Crippen molar-refractivity contribution < 1.29 is 9.53 Å². The van der Waals surface area contributed by atoms with E-state index in [1.165, 1.54) is 0 Å². The topological polar surface area (TPSA) is 89.0 Å². The van der Waals surface area contributed by atoms with Crippen LogP contribution in [0.2, 0.25) is 0 Å². The lowest BCUT2D eigenvalue weighted by Crippen LogP contribution is -2.34. The second kappa shape index (κ2) is 6.20. The molecule has 1 aromatic carbocycles. The summed E-state index contributed by atoms with van der Waals surface area (Å²) in [6.07, 6.45) is 1.13. The maximum absolute atomic E-state index is 11.7. The average Bonchev–Trinajstić information content (AvgIpc) is 2.56. The van der Waals surface area contributed by atoms with E-state index in [0.717, 1.165) is 29.9 Å². The molecule has 7 nitrogen and oxygen atoms in total. The fraction of sp³-hybridized carbons (Fsp3) is 0.375. The number of hydrogen-bond donors (Lipinski definition) is 2. The highest BCUT2D eigenvalue weighted by molar-refractivity contribution is 5.98. The Bertz CT molecular complexity index is 747. The van der Waals surface area contributed by atoms with E-state index in [1.807, 2.05) is 26.0 Å². The molecular weight excluding hydrogens is 294 g/mol. The number of anilines is 3. The Morgan fingerprint density at radius 1 is 1.22 bits per heavy atom. The molecule has 0 radical (unpaired) electrons. The van der Waals surface area contributed by atoms with Crippen molar-refractivity contribution in [3.05, 3.63) is 29.6 Å². The van der Waals surface area contributed by atoms with Crippen LogP contribution in [-0.2, 0) is 17.6 Å². The van der Waals surface area contributed by atoms with Gasteiger partial charge >= 0.3 is 0 Å². The van der Waals surface area contributed by atoms with Crippen LogP contribution in [0, 0.1) is 0 Å². The molecule has 0 fully saturated rings. The Balaban J connectivity index is 1.84. The van der Waals surface area contributed by atoms with Gasteiger partial charge in [0, 0.05) is 5.69 Å². The zero-order valence-corrected chi connectivity index (χ0v) is 13.4. The summed E-state index contributed by atoms with van der Waals surface area (Å²) in [7, 11) is 0.